The number of para-hydroxylation sites is 3. The summed E-state index contributed by atoms with van der Waals surface area (Å²) in [6.07, 6.45) is 0. The second-order valence-electron chi connectivity index (χ2n) is 7.31. The fourth-order valence-corrected chi connectivity index (χ4v) is 3.83. The van der Waals surface area contributed by atoms with Gasteiger partial charge in [-0.25, -0.2) is 0 Å². The summed E-state index contributed by atoms with van der Waals surface area (Å²) in [5.41, 5.74) is 1.43. The first-order valence-corrected chi connectivity index (χ1v) is 10.0. The zero-order valence-electron chi connectivity index (χ0n) is 17.0. The van der Waals surface area contributed by atoms with E-state index >= 15 is 0 Å². The molecule has 4 aromatic carbocycles. The molecule has 0 bridgehead atoms. The van der Waals surface area contributed by atoms with Gasteiger partial charge in [0.1, 0.15) is 17.2 Å². The third-order valence-corrected chi connectivity index (χ3v) is 5.37. The molecule has 0 saturated heterocycles. The Kier molecular flexibility index (Phi) is 5.73. The molecule has 0 aliphatic carbocycles. The Morgan fingerprint density at radius 2 is 0.844 bits per heavy atom. The highest BCUT2D eigenvalue weighted by molar-refractivity contribution is 6.50. The van der Waals surface area contributed by atoms with Crippen LogP contribution in [0.4, 0.5) is 0 Å². The lowest BCUT2D eigenvalue weighted by atomic mass is 9.80. The summed E-state index contributed by atoms with van der Waals surface area (Å²) in [5, 5.41) is 31.2. The molecule has 0 radical (unpaired) electrons. The van der Waals surface area contributed by atoms with Crippen molar-refractivity contribution >= 4 is 11.6 Å². The zero-order valence-corrected chi connectivity index (χ0v) is 17.0. The number of benzene rings is 4. The Balaban J connectivity index is 1.90. The van der Waals surface area contributed by atoms with E-state index in [2.05, 4.69) is 0 Å². The highest BCUT2D eigenvalue weighted by Crippen LogP contribution is 2.41. The molecular weight excluding hydrogens is 404 g/mol. The van der Waals surface area contributed by atoms with Crippen LogP contribution in [-0.2, 0) is 0 Å². The van der Waals surface area contributed by atoms with Crippen LogP contribution in [0, 0.1) is 0 Å². The molecule has 4 rings (SSSR count). The largest absolute Gasteiger partial charge is 0.508 e. The smallest absolute Gasteiger partial charge is 0.237 e. The minimum Gasteiger partial charge on any atom is -0.508 e. The van der Waals surface area contributed by atoms with Crippen molar-refractivity contribution in [3.05, 3.63) is 125 Å². The van der Waals surface area contributed by atoms with Crippen molar-refractivity contribution in [3.63, 3.8) is 0 Å². The zero-order chi connectivity index (χ0) is 22.7. The molecule has 5 heteroatoms. The van der Waals surface area contributed by atoms with E-state index in [1.807, 2.05) is 0 Å². The second-order valence-corrected chi connectivity index (χ2v) is 7.31. The van der Waals surface area contributed by atoms with Gasteiger partial charge in [0.25, 0.3) is 0 Å². The third kappa shape index (κ3) is 3.84. The van der Waals surface area contributed by atoms with Gasteiger partial charge in [-0.2, -0.15) is 0 Å². The van der Waals surface area contributed by atoms with E-state index in [1.54, 1.807) is 66.7 Å². The molecule has 0 aromatic heterocycles. The summed E-state index contributed by atoms with van der Waals surface area (Å²) in [6, 6.07) is 25.8. The monoisotopic (exact) mass is 424 g/mol. The predicted molar refractivity (Wildman–Crippen MR) is 120 cm³/mol. The highest BCUT2D eigenvalue weighted by atomic mass is 16.3. The lowest BCUT2D eigenvalue weighted by molar-refractivity contribution is 0.0814. The van der Waals surface area contributed by atoms with Crippen molar-refractivity contribution in [2.75, 3.05) is 0 Å². The Bertz CT molecular complexity index is 1260. The fourth-order valence-electron chi connectivity index (χ4n) is 3.83. The van der Waals surface area contributed by atoms with E-state index < -0.39 is 17.5 Å². The maximum atomic E-state index is 13.3. The quantitative estimate of drug-likeness (QED) is 0.229. The molecule has 3 N–H and O–H groups in total. The van der Waals surface area contributed by atoms with Gasteiger partial charge in [-0.05, 0) is 29.8 Å². The summed E-state index contributed by atoms with van der Waals surface area (Å²) >= 11 is 0. The van der Waals surface area contributed by atoms with E-state index in [0.717, 1.165) is 0 Å². The number of hydrogen-bond donors (Lipinski definition) is 3. The first-order valence-electron chi connectivity index (χ1n) is 10.0. The molecule has 0 amide bonds. The van der Waals surface area contributed by atoms with Gasteiger partial charge in [-0.3, -0.25) is 9.59 Å². The number of rotatable bonds is 6. The molecule has 0 atom stereocenters. The van der Waals surface area contributed by atoms with Crippen molar-refractivity contribution in [1.29, 1.82) is 0 Å². The van der Waals surface area contributed by atoms with Crippen LogP contribution < -0.4 is 0 Å². The van der Waals surface area contributed by atoms with Crippen molar-refractivity contribution in [2.24, 2.45) is 0 Å². The maximum absolute atomic E-state index is 13.3. The van der Waals surface area contributed by atoms with Crippen molar-refractivity contribution < 1.29 is 24.9 Å². The van der Waals surface area contributed by atoms with Crippen LogP contribution in [0.3, 0.4) is 0 Å². The molecule has 0 heterocycles. The van der Waals surface area contributed by atoms with Gasteiger partial charge >= 0.3 is 0 Å². The standard InChI is InChI=1S/C27H20O5/c28-22-14-6-3-11-19(22)25(20-12-4-7-15-23(20)29)17-9-1-2-10-18(17)26(31)27(32)21-13-5-8-16-24(21)30/h1-16,25,28-30H. The van der Waals surface area contributed by atoms with Crippen molar-refractivity contribution in [3.8, 4) is 17.2 Å². The first-order chi connectivity index (χ1) is 15.5. The Labute approximate surface area is 184 Å². The number of ketones is 2. The molecule has 0 aliphatic heterocycles. The molecule has 4 aromatic rings. The van der Waals surface area contributed by atoms with Crippen LogP contribution in [0.2, 0.25) is 0 Å². The van der Waals surface area contributed by atoms with Crippen LogP contribution in [0.1, 0.15) is 43.3 Å². The van der Waals surface area contributed by atoms with Crippen LogP contribution >= 0.6 is 0 Å². The first kappa shape index (κ1) is 20.9. The summed E-state index contributed by atoms with van der Waals surface area (Å²) in [7, 11) is 0. The second kappa shape index (κ2) is 8.78. The molecule has 158 valence electrons. The fraction of sp³-hybridized carbons (Fsp3) is 0.0370. The topological polar surface area (TPSA) is 94.8 Å². The average molecular weight is 424 g/mol. The number of carbonyl (C=O) groups is 2. The predicted octanol–water partition coefficient (Wildman–Crippen LogP) is 5.05. The minimum absolute atomic E-state index is 0.00460. The number of carbonyl (C=O) groups excluding carboxylic acids is 2. The van der Waals surface area contributed by atoms with E-state index in [9.17, 15) is 24.9 Å². The molecule has 0 fully saturated rings. The van der Waals surface area contributed by atoms with Crippen molar-refractivity contribution in [2.45, 2.75) is 5.92 Å². The van der Waals surface area contributed by atoms with Gasteiger partial charge < -0.3 is 15.3 Å². The molecule has 0 spiro atoms. The van der Waals surface area contributed by atoms with Gasteiger partial charge in [0.2, 0.25) is 11.6 Å². The molecule has 0 unspecified atom stereocenters. The summed E-state index contributed by atoms with van der Waals surface area (Å²) in [6.45, 7) is 0. The van der Waals surface area contributed by atoms with Gasteiger partial charge in [0.15, 0.2) is 0 Å². The van der Waals surface area contributed by atoms with E-state index in [4.69, 9.17) is 0 Å². The van der Waals surface area contributed by atoms with Gasteiger partial charge in [-0.15, -0.1) is 0 Å². The maximum Gasteiger partial charge on any atom is 0.237 e. The molecular formula is C27H20O5. The normalized spacial score (nSPS) is 10.8. The van der Waals surface area contributed by atoms with Crippen LogP contribution in [0.5, 0.6) is 17.2 Å². The van der Waals surface area contributed by atoms with E-state index in [-0.39, 0.29) is 28.4 Å². The minimum atomic E-state index is -0.844. The summed E-state index contributed by atoms with van der Waals surface area (Å²) < 4.78 is 0. The Morgan fingerprint density at radius 1 is 0.469 bits per heavy atom. The van der Waals surface area contributed by atoms with Crippen LogP contribution in [-0.4, -0.2) is 26.9 Å². The molecule has 0 saturated carbocycles. The SMILES string of the molecule is O=C(C(=O)c1ccccc1C(c1ccccc1O)c1ccccc1O)c1ccccc1O. The average Bonchev–Trinajstić information content (AvgIpc) is 2.81. The Hall–Kier alpha value is -4.38. The number of Topliss-reactive ketones (excluding diaryl/α,β-unsaturated/α-hetero) is 2. The van der Waals surface area contributed by atoms with Gasteiger partial charge in [0.05, 0.1) is 5.56 Å². The molecule has 5 nitrogen and oxygen atoms in total. The van der Waals surface area contributed by atoms with Crippen molar-refractivity contribution in [1.82, 2.24) is 0 Å². The molecule has 0 aliphatic rings. The summed E-state index contributed by atoms with van der Waals surface area (Å²) in [5.74, 6) is -2.64. The molecule has 32 heavy (non-hydrogen) atoms. The lowest BCUT2D eigenvalue weighted by Gasteiger charge is -2.23. The number of phenolic OH excluding ortho intramolecular Hbond substituents is 3. The summed E-state index contributed by atoms with van der Waals surface area (Å²) in [4.78, 5) is 26.2. The highest BCUT2D eigenvalue weighted by Gasteiger charge is 2.29. The van der Waals surface area contributed by atoms with E-state index in [0.29, 0.717) is 16.7 Å². The Morgan fingerprint density at radius 3 is 1.34 bits per heavy atom. The number of aromatic hydroxyl groups is 3. The van der Waals surface area contributed by atoms with E-state index in [1.165, 1.54) is 30.3 Å². The number of hydrogen-bond acceptors (Lipinski definition) is 5. The van der Waals surface area contributed by atoms with Gasteiger partial charge in [-0.1, -0.05) is 72.8 Å². The third-order valence-electron chi connectivity index (χ3n) is 5.37. The van der Waals surface area contributed by atoms with Gasteiger partial charge in [0, 0.05) is 22.6 Å². The number of phenols is 3. The lowest BCUT2D eigenvalue weighted by Crippen LogP contribution is -2.18. The van der Waals surface area contributed by atoms with Crippen LogP contribution in [0.15, 0.2) is 97.1 Å². The van der Waals surface area contributed by atoms with Crippen LogP contribution in [0.25, 0.3) is 0 Å².